The summed E-state index contributed by atoms with van der Waals surface area (Å²) >= 11 is 8.07. The number of halogens is 2. The number of alkyl halides is 1. The Morgan fingerprint density at radius 2 is 0.637 bits per heavy atom. The van der Waals surface area contributed by atoms with Crippen LogP contribution in [0.5, 0.6) is 0 Å². The molecular formula is C83H101BrClKN4O12. The number of hydrogen-bond acceptors (Lipinski definition) is 12. The molecule has 102 heavy (non-hydrogen) atoms. The molecule has 0 aliphatic heterocycles. The van der Waals surface area contributed by atoms with Gasteiger partial charge in [-0.15, -0.1) is 0 Å². The number of benzene rings is 8. The number of rotatable bonds is 17. The van der Waals surface area contributed by atoms with Crippen molar-refractivity contribution in [3.63, 3.8) is 0 Å². The molecule has 2 N–H and O–H groups in total. The zero-order valence-electron chi connectivity index (χ0n) is 58.0. The van der Waals surface area contributed by atoms with Crippen LogP contribution in [0.2, 0.25) is 0 Å². The van der Waals surface area contributed by atoms with Crippen LogP contribution >= 0.6 is 27.5 Å². The van der Waals surface area contributed by atoms with E-state index in [-0.39, 0.29) is 118 Å². The molecule has 8 aromatic carbocycles. The first kappa shape index (κ1) is 92.1. The Bertz CT molecular complexity index is 4690. The van der Waals surface area contributed by atoms with Crippen molar-refractivity contribution in [1.29, 1.82) is 0 Å². The molecule has 0 aliphatic carbocycles. The molecule has 12 aromatic rings. The number of nitrogens with zero attached hydrogens (tertiary/aromatic N) is 3. The number of fused-ring (bicyclic) bond motifs is 12. The van der Waals surface area contributed by atoms with E-state index in [9.17, 15) is 38.4 Å². The number of H-pyrrole nitrogens is 1. The van der Waals surface area contributed by atoms with Gasteiger partial charge in [-0.1, -0.05) is 171 Å². The number of esters is 3. The number of aromatic nitrogens is 4. The van der Waals surface area contributed by atoms with Gasteiger partial charge in [-0.2, -0.15) is 0 Å². The van der Waals surface area contributed by atoms with Gasteiger partial charge < -0.3 is 38.4 Å². The average Bonchev–Trinajstić information content (AvgIpc) is 1.61. The minimum absolute atomic E-state index is 0. The van der Waals surface area contributed by atoms with Crippen LogP contribution in [-0.2, 0) is 38.2 Å². The number of Topliss-reactive ketones (excluding diaryl/α,β-unsaturated/α-hetero) is 4. The van der Waals surface area contributed by atoms with Gasteiger partial charge in [-0.25, -0.2) is 14.4 Å². The van der Waals surface area contributed by atoms with Gasteiger partial charge in [0.25, 0.3) is 11.6 Å². The molecule has 0 bridgehead atoms. The quantitative estimate of drug-likeness (QED) is 0.0171. The van der Waals surface area contributed by atoms with Gasteiger partial charge in [0.2, 0.25) is 5.78 Å². The number of carbonyl (C=O) groups is 8. The molecular weight excluding hydrogens is 1400 g/mol. The van der Waals surface area contributed by atoms with Gasteiger partial charge in [0.15, 0.2) is 5.78 Å². The maximum Gasteiger partial charge on any atom is 1.00 e. The normalized spacial score (nSPS) is 11.4. The Morgan fingerprint density at radius 1 is 0.382 bits per heavy atom. The van der Waals surface area contributed by atoms with Gasteiger partial charge in [0.1, 0.15) is 0 Å². The fraction of sp³-hybridized carbons (Fsp3) is 0.325. The summed E-state index contributed by atoms with van der Waals surface area (Å²) in [4.78, 5) is 95.9. The van der Waals surface area contributed by atoms with Crippen LogP contribution in [0.4, 0.5) is 0 Å². The van der Waals surface area contributed by atoms with Crippen molar-refractivity contribution in [2.45, 2.75) is 161 Å². The Hall–Kier alpha value is -7.91. The summed E-state index contributed by atoms with van der Waals surface area (Å²) in [5, 5.41) is 7.83. The van der Waals surface area contributed by atoms with E-state index in [0.29, 0.717) is 28.0 Å². The Kier molecular flexibility index (Phi) is 39.6. The second-order valence-corrected chi connectivity index (χ2v) is 24.9. The van der Waals surface area contributed by atoms with Crippen LogP contribution in [0.3, 0.4) is 0 Å². The van der Waals surface area contributed by atoms with Crippen molar-refractivity contribution < 1.29 is 109 Å². The SMILES string of the molecule is C.C.C.C.CCC(C)Br.CCC(C)n1c2ccccc2c2ccccc21.CCOC(=O)C(=O)Cl.CCOC(=O)C(=O)c1ccc2c(c1)c1cc(C(=O)C(C)=O)ccc1n2C(C)CC.CCOC(=O)C(=O)c1ccc2c(c1)c1ccccc1n2C(C)CC.[K+].[OH-].c1ccc2c(c1)[nH]c1ccccc12. The van der Waals surface area contributed by atoms with E-state index in [1.54, 1.807) is 63.2 Å². The topological polar surface area (TPSA) is 225 Å². The Balaban J connectivity index is 0.000000646. The van der Waals surface area contributed by atoms with Crippen molar-refractivity contribution >= 4 is 161 Å². The van der Waals surface area contributed by atoms with E-state index in [4.69, 9.17) is 21.1 Å². The van der Waals surface area contributed by atoms with Crippen LogP contribution in [0.15, 0.2) is 176 Å². The maximum absolute atomic E-state index is 12.4. The first-order valence-corrected chi connectivity index (χ1v) is 33.9. The third kappa shape index (κ3) is 21.8. The second kappa shape index (κ2) is 43.9. The molecule has 0 aliphatic rings. The number of ether oxygens (including phenoxy) is 3. The van der Waals surface area contributed by atoms with Gasteiger partial charge in [0.05, 0.1) is 19.8 Å². The maximum atomic E-state index is 12.4. The van der Waals surface area contributed by atoms with E-state index in [0.717, 1.165) is 62.9 Å². The largest absolute Gasteiger partial charge is 1.00 e. The molecule has 16 nitrogen and oxygen atoms in total. The molecule has 0 saturated carbocycles. The van der Waals surface area contributed by atoms with Gasteiger partial charge in [-0.3, -0.25) is 24.0 Å². The molecule has 19 heteroatoms. The van der Waals surface area contributed by atoms with E-state index in [2.05, 4.69) is 204 Å². The summed E-state index contributed by atoms with van der Waals surface area (Å²) in [5.74, 6) is -5.10. The molecule has 0 fully saturated rings. The van der Waals surface area contributed by atoms with Gasteiger partial charge in [-0.05, 0) is 164 Å². The first-order chi connectivity index (χ1) is 46.1. The van der Waals surface area contributed by atoms with Crippen LogP contribution < -0.4 is 51.4 Å². The number of hydrogen-bond donors (Lipinski definition) is 1. The van der Waals surface area contributed by atoms with Crippen molar-refractivity contribution in [3.05, 3.63) is 193 Å². The second-order valence-electron chi connectivity index (χ2n) is 23.0. The Morgan fingerprint density at radius 3 is 0.912 bits per heavy atom. The fourth-order valence-corrected chi connectivity index (χ4v) is 11.3. The standard InChI is InChI=1S/C23H23NO5.C20H21NO3.C16H17N.C12H9N.C4H9Br.C4H5ClO3.4CH4.K.H2O/c1-5-13(3)24-19-9-7-15(21(26)14(4)25)11-17(19)18-12-16(8-10-20(18)24)22(27)23(28)29-6-2;1-4-13(3)21-17-9-7-6-8-15(17)16-12-14(10-11-18(16)21)19(22)20(23)24-5-2;1-3-12(2)17-15-10-6-4-8-13(15)14-9-5-7-11-16(14)17;1-3-7-11-9(5-1)10-6-2-4-8-12(10)13-11;1-3-4(2)5;1-2-8-4(7)3(5)6;;;;;;/h7-13H,5-6H2,1-4H3;6-13H,4-5H2,1-3H3;4-12H,3H2,1-2H3;1-8,13H;4H,3H2,1-2H3;2H2,1H3;4*1H4;;1H2/q;;;;;;;;;;+1;/p-1. The smallest absolute Gasteiger partial charge is 0.870 e. The summed E-state index contributed by atoms with van der Waals surface area (Å²) in [6.45, 7) is 24.0. The monoisotopic (exact) mass is 1500 g/mol. The Labute approximate surface area is 657 Å². The zero-order chi connectivity index (χ0) is 69.9. The molecule has 0 amide bonds. The fourth-order valence-electron chi connectivity index (χ4n) is 11.2. The minimum atomic E-state index is -1.08. The summed E-state index contributed by atoms with van der Waals surface area (Å²) in [6, 6.07) is 59.0. The van der Waals surface area contributed by atoms with Crippen molar-refractivity contribution in [2.75, 3.05) is 19.8 Å². The number of carbonyl (C=O) groups excluding carboxylic acids is 8. The van der Waals surface area contributed by atoms with E-state index in [1.807, 2.05) is 24.3 Å². The number of aromatic amines is 1. The number of nitrogens with one attached hydrogen (secondary N) is 1. The molecule has 540 valence electrons. The van der Waals surface area contributed by atoms with Crippen molar-refractivity contribution in [1.82, 2.24) is 18.7 Å². The molecule has 4 heterocycles. The van der Waals surface area contributed by atoms with Crippen LogP contribution in [0, 0.1) is 0 Å². The number of para-hydroxylation sites is 5. The van der Waals surface area contributed by atoms with Crippen LogP contribution in [0.25, 0.3) is 87.2 Å². The molecule has 4 aromatic heterocycles. The van der Waals surface area contributed by atoms with Crippen LogP contribution in [-0.4, -0.2) is 95.1 Å². The molecule has 12 rings (SSSR count). The van der Waals surface area contributed by atoms with Crippen molar-refractivity contribution in [3.8, 4) is 0 Å². The molecule has 4 unspecified atom stereocenters. The summed E-state index contributed by atoms with van der Waals surface area (Å²) < 4.78 is 20.7. The van der Waals surface area contributed by atoms with E-state index >= 15 is 0 Å². The van der Waals surface area contributed by atoms with Gasteiger partial charge >= 0.3 is 74.5 Å². The van der Waals surface area contributed by atoms with E-state index in [1.165, 1.54) is 57.0 Å². The first-order valence-electron chi connectivity index (χ1n) is 32.6. The van der Waals surface area contributed by atoms with Crippen LogP contribution in [0.1, 0.15) is 188 Å². The molecule has 0 radical (unpaired) electrons. The van der Waals surface area contributed by atoms with E-state index < -0.39 is 46.3 Å². The molecule has 4 atom stereocenters. The summed E-state index contributed by atoms with van der Waals surface area (Å²) in [5.41, 5.74) is 10.0. The third-order valence-corrected chi connectivity index (χ3v) is 17.5. The minimum Gasteiger partial charge on any atom is -0.870 e. The number of ketones is 4. The van der Waals surface area contributed by atoms with Crippen molar-refractivity contribution in [2.24, 2.45) is 0 Å². The van der Waals surface area contributed by atoms with Gasteiger partial charge in [0, 0.05) is 134 Å². The third-order valence-electron chi connectivity index (χ3n) is 16.7. The predicted octanol–water partition coefficient (Wildman–Crippen LogP) is 18.7. The summed E-state index contributed by atoms with van der Waals surface area (Å²) in [6.07, 6.45) is 4.27. The molecule has 0 spiro atoms. The zero-order valence-corrected chi connectivity index (χ0v) is 63.5. The molecule has 0 saturated heterocycles. The predicted molar refractivity (Wildman–Crippen MR) is 421 cm³/mol. The summed E-state index contributed by atoms with van der Waals surface area (Å²) in [7, 11) is 0. The average molecular weight is 1500 g/mol.